The lowest BCUT2D eigenvalue weighted by molar-refractivity contribution is 0.519. The maximum atomic E-state index is 5.94. The number of hydrogen-bond donors (Lipinski definition) is 1. The maximum Gasteiger partial charge on any atom is 0.0814 e. The van der Waals surface area contributed by atoms with E-state index in [2.05, 4.69) is 17.3 Å². The molecule has 0 radical (unpaired) electrons. The van der Waals surface area contributed by atoms with Gasteiger partial charge in [0.15, 0.2) is 0 Å². The number of rotatable bonds is 8. The summed E-state index contributed by atoms with van der Waals surface area (Å²) in [6.45, 7) is 7.36. The molecule has 1 heterocycles. The smallest absolute Gasteiger partial charge is 0.0814 e. The van der Waals surface area contributed by atoms with Crippen LogP contribution in [0.4, 0.5) is 0 Å². The normalized spacial score (nSPS) is 10.9. The molecule has 0 aliphatic carbocycles. The molecule has 1 rings (SSSR count). The zero-order valence-corrected chi connectivity index (χ0v) is 11.1. The second kappa shape index (κ2) is 7.69. The van der Waals surface area contributed by atoms with Gasteiger partial charge < -0.3 is 5.32 Å². The molecule has 0 unspecified atom stereocenters. The number of halogens is 1. The van der Waals surface area contributed by atoms with Gasteiger partial charge in [-0.15, -0.1) is 0 Å². The molecule has 0 amide bonds. The van der Waals surface area contributed by atoms with Crippen LogP contribution in [0, 0.1) is 6.92 Å². The van der Waals surface area contributed by atoms with Crippen molar-refractivity contribution in [2.45, 2.75) is 46.1 Å². The molecule has 0 spiro atoms. The van der Waals surface area contributed by atoms with E-state index < -0.39 is 0 Å². The fourth-order valence-electron chi connectivity index (χ4n) is 1.69. The summed E-state index contributed by atoms with van der Waals surface area (Å²) in [7, 11) is 0. The van der Waals surface area contributed by atoms with Gasteiger partial charge in [-0.25, -0.2) is 0 Å². The van der Waals surface area contributed by atoms with Crippen LogP contribution in [0.2, 0.25) is 5.02 Å². The van der Waals surface area contributed by atoms with Gasteiger partial charge in [0.25, 0.3) is 0 Å². The number of nitrogens with one attached hydrogen (secondary N) is 1. The second-order valence-electron chi connectivity index (χ2n) is 4.07. The first-order valence-electron chi connectivity index (χ1n) is 6.14. The highest BCUT2D eigenvalue weighted by molar-refractivity contribution is 6.31. The van der Waals surface area contributed by atoms with Gasteiger partial charge in [-0.1, -0.05) is 31.4 Å². The van der Waals surface area contributed by atoms with E-state index in [9.17, 15) is 0 Å². The van der Waals surface area contributed by atoms with Crippen LogP contribution in [0.15, 0.2) is 6.20 Å². The molecule has 0 bridgehead atoms. The minimum absolute atomic E-state index is 0.771. The van der Waals surface area contributed by atoms with Crippen LogP contribution in [0.5, 0.6) is 0 Å². The van der Waals surface area contributed by atoms with E-state index in [0.717, 1.165) is 30.4 Å². The fourth-order valence-corrected chi connectivity index (χ4v) is 1.83. The Balaban J connectivity index is 2.05. The molecule has 0 aliphatic heterocycles. The quantitative estimate of drug-likeness (QED) is 0.712. The average molecular weight is 244 g/mol. The van der Waals surface area contributed by atoms with Crippen LogP contribution in [0.3, 0.4) is 0 Å². The summed E-state index contributed by atoms with van der Waals surface area (Å²) in [6.07, 6.45) is 6.74. The van der Waals surface area contributed by atoms with E-state index in [1.807, 2.05) is 11.6 Å². The molecule has 0 atom stereocenters. The Kier molecular flexibility index (Phi) is 6.50. The summed E-state index contributed by atoms with van der Waals surface area (Å²) in [5, 5.41) is 8.34. The standard InChI is InChI=1S/C12H22ClN3/c1-3-14-8-6-4-5-7-9-16-11(2)12(13)10-15-16/h10,14H,3-9H2,1-2H3. The highest BCUT2D eigenvalue weighted by Gasteiger charge is 2.02. The molecule has 0 saturated heterocycles. The lowest BCUT2D eigenvalue weighted by Crippen LogP contribution is -2.13. The Morgan fingerprint density at radius 2 is 2.06 bits per heavy atom. The summed E-state index contributed by atoms with van der Waals surface area (Å²) in [4.78, 5) is 0. The molecule has 16 heavy (non-hydrogen) atoms. The van der Waals surface area contributed by atoms with E-state index >= 15 is 0 Å². The van der Waals surface area contributed by atoms with Crippen molar-refractivity contribution in [2.24, 2.45) is 0 Å². The summed E-state index contributed by atoms with van der Waals surface area (Å²) in [5.41, 5.74) is 1.08. The Labute approximate surface area is 103 Å². The largest absolute Gasteiger partial charge is 0.317 e. The molecule has 1 aromatic rings. The van der Waals surface area contributed by atoms with Crippen LogP contribution < -0.4 is 5.32 Å². The van der Waals surface area contributed by atoms with Crippen LogP contribution in [0.25, 0.3) is 0 Å². The van der Waals surface area contributed by atoms with Gasteiger partial charge in [-0.2, -0.15) is 5.10 Å². The first-order valence-corrected chi connectivity index (χ1v) is 6.52. The van der Waals surface area contributed by atoms with E-state index in [1.54, 1.807) is 6.20 Å². The topological polar surface area (TPSA) is 29.9 Å². The summed E-state index contributed by atoms with van der Waals surface area (Å²) in [5.74, 6) is 0. The van der Waals surface area contributed by atoms with Gasteiger partial charge >= 0.3 is 0 Å². The molecular formula is C12H22ClN3. The minimum atomic E-state index is 0.771. The zero-order chi connectivity index (χ0) is 11.8. The Morgan fingerprint density at radius 1 is 1.31 bits per heavy atom. The third kappa shape index (κ3) is 4.54. The lowest BCUT2D eigenvalue weighted by atomic mass is 10.2. The fraction of sp³-hybridized carbons (Fsp3) is 0.750. The molecule has 0 aromatic carbocycles. The van der Waals surface area contributed by atoms with Crippen molar-refractivity contribution >= 4 is 11.6 Å². The molecule has 0 saturated carbocycles. The number of unbranched alkanes of at least 4 members (excludes halogenated alkanes) is 3. The van der Waals surface area contributed by atoms with E-state index in [4.69, 9.17) is 11.6 Å². The number of aryl methyl sites for hydroxylation is 1. The predicted octanol–water partition coefficient (Wildman–Crippen LogP) is 3.01. The van der Waals surface area contributed by atoms with Crippen molar-refractivity contribution in [3.05, 3.63) is 16.9 Å². The van der Waals surface area contributed by atoms with Gasteiger partial charge in [0.05, 0.1) is 16.9 Å². The molecule has 1 N–H and O–H groups in total. The van der Waals surface area contributed by atoms with Crippen molar-refractivity contribution in [1.29, 1.82) is 0 Å². The lowest BCUT2D eigenvalue weighted by Gasteiger charge is -2.05. The van der Waals surface area contributed by atoms with E-state index in [1.165, 1.54) is 25.7 Å². The molecule has 4 heteroatoms. The molecule has 92 valence electrons. The summed E-state index contributed by atoms with van der Waals surface area (Å²) < 4.78 is 1.99. The first kappa shape index (κ1) is 13.5. The van der Waals surface area contributed by atoms with Gasteiger partial charge in [0.1, 0.15) is 0 Å². The van der Waals surface area contributed by atoms with Gasteiger partial charge in [-0.05, 0) is 32.9 Å². The monoisotopic (exact) mass is 243 g/mol. The van der Waals surface area contributed by atoms with Crippen molar-refractivity contribution in [2.75, 3.05) is 13.1 Å². The summed E-state index contributed by atoms with van der Waals surface area (Å²) in [6, 6.07) is 0. The van der Waals surface area contributed by atoms with Gasteiger partial charge in [0.2, 0.25) is 0 Å². The number of hydrogen-bond acceptors (Lipinski definition) is 2. The SMILES string of the molecule is CCNCCCCCCn1ncc(Cl)c1C. The van der Waals surface area contributed by atoms with Gasteiger partial charge in [-0.3, -0.25) is 4.68 Å². The first-order chi connectivity index (χ1) is 7.75. The van der Waals surface area contributed by atoms with Crippen LogP contribution in [0.1, 0.15) is 38.3 Å². The third-order valence-electron chi connectivity index (χ3n) is 2.77. The Bertz CT molecular complexity index is 296. The summed E-state index contributed by atoms with van der Waals surface area (Å²) >= 11 is 5.94. The minimum Gasteiger partial charge on any atom is -0.317 e. The Morgan fingerprint density at radius 3 is 2.69 bits per heavy atom. The van der Waals surface area contributed by atoms with E-state index in [-0.39, 0.29) is 0 Å². The highest BCUT2D eigenvalue weighted by atomic mass is 35.5. The average Bonchev–Trinajstić information content (AvgIpc) is 2.59. The van der Waals surface area contributed by atoms with Crippen molar-refractivity contribution in [3.8, 4) is 0 Å². The third-order valence-corrected chi connectivity index (χ3v) is 3.14. The van der Waals surface area contributed by atoms with Crippen LogP contribution in [-0.2, 0) is 6.54 Å². The van der Waals surface area contributed by atoms with Crippen LogP contribution in [-0.4, -0.2) is 22.9 Å². The second-order valence-corrected chi connectivity index (χ2v) is 4.48. The Hall–Kier alpha value is -0.540. The molecule has 3 nitrogen and oxygen atoms in total. The van der Waals surface area contributed by atoms with Gasteiger partial charge in [0, 0.05) is 6.54 Å². The molecular weight excluding hydrogens is 222 g/mol. The zero-order valence-electron chi connectivity index (χ0n) is 10.3. The van der Waals surface area contributed by atoms with Crippen molar-refractivity contribution in [3.63, 3.8) is 0 Å². The van der Waals surface area contributed by atoms with Crippen molar-refractivity contribution in [1.82, 2.24) is 15.1 Å². The maximum absolute atomic E-state index is 5.94. The molecule has 0 fully saturated rings. The number of aromatic nitrogens is 2. The number of nitrogens with zero attached hydrogens (tertiary/aromatic N) is 2. The predicted molar refractivity (Wildman–Crippen MR) is 69.0 cm³/mol. The van der Waals surface area contributed by atoms with Crippen molar-refractivity contribution < 1.29 is 0 Å². The van der Waals surface area contributed by atoms with E-state index in [0.29, 0.717) is 0 Å². The highest BCUT2D eigenvalue weighted by Crippen LogP contribution is 2.14. The molecule has 1 aromatic heterocycles. The molecule has 0 aliphatic rings. The van der Waals surface area contributed by atoms with Crippen LogP contribution >= 0.6 is 11.6 Å².